The molecule has 2 atom stereocenters. The van der Waals surface area contributed by atoms with Crippen molar-refractivity contribution in [3.05, 3.63) is 30.3 Å². The summed E-state index contributed by atoms with van der Waals surface area (Å²) in [4.78, 5) is 0. The van der Waals surface area contributed by atoms with Crippen molar-refractivity contribution >= 4 is 14.0 Å². The van der Waals surface area contributed by atoms with Gasteiger partial charge in [-0.1, -0.05) is 58.2 Å². The van der Waals surface area contributed by atoms with Crippen LogP contribution in [0.4, 0.5) is 5.69 Å². The summed E-state index contributed by atoms with van der Waals surface area (Å²) in [5, 5.41) is 3.97. The van der Waals surface area contributed by atoms with E-state index in [4.69, 9.17) is 4.43 Å². The molecule has 1 aromatic rings. The van der Waals surface area contributed by atoms with Gasteiger partial charge in [-0.15, -0.1) is 0 Å². The number of para-hydroxylation sites is 1. The Balaban J connectivity index is 2.15. The molecular weight excluding hydrogens is 310 g/mol. The second-order valence-corrected chi connectivity index (χ2v) is 13.8. The first-order chi connectivity index (χ1) is 11.2. The molecule has 1 N–H and O–H groups in total. The highest BCUT2D eigenvalue weighted by atomic mass is 28.4. The van der Waals surface area contributed by atoms with E-state index in [0.717, 1.165) is 0 Å². The minimum atomic E-state index is -1.77. The van der Waals surface area contributed by atoms with Crippen molar-refractivity contribution in [3.8, 4) is 0 Å². The molecule has 1 aromatic carbocycles. The van der Waals surface area contributed by atoms with Gasteiger partial charge in [0.25, 0.3) is 0 Å². The fourth-order valence-electron chi connectivity index (χ4n) is 3.47. The lowest BCUT2D eigenvalue weighted by Crippen LogP contribution is -2.51. The predicted octanol–water partition coefficient (Wildman–Crippen LogP) is 6.46. The molecule has 0 saturated heterocycles. The number of hydrogen-bond acceptors (Lipinski definition) is 2. The zero-order chi connectivity index (χ0) is 17.8. The summed E-state index contributed by atoms with van der Waals surface area (Å²) in [6, 6.07) is 10.9. The zero-order valence-electron chi connectivity index (χ0n) is 16.6. The van der Waals surface area contributed by atoms with E-state index in [1.807, 2.05) is 0 Å². The normalized spacial score (nSPS) is 19.8. The molecule has 3 heteroatoms. The monoisotopic (exact) mass is 347 g/mol. The average molecular weight is 348 g/mol. The van der Waals surface area contributed by atoms with Crippen molar-refractivity contribution in [3.63, 3.8) is 0 Å². The van der Waals surface area contributed by atoms with Gasteiger partial charge in [0, 0.05) is 11.7 Å². The molecule has 2 rings (SSSR count). The van der Waals surface area contributed by atoms with Gasteiger partial charge in [-0.25, -0.2) is 0 Å². The summed E-state index contributed by atoms with van der Waals surface area (Å²) < 4.78 is 6.95. The highest BCUT2D eigenvalue weighted by Crippen LogP contribution is 2.40. The van der Waals surface area contributed by atoms with E-state index in [2.05, 4.69) is 76.4 Å². The van der Waals surface area contributed by atoms with Gasteiger partial charge >= 0.3 is 0 Å². The van der Waals surface area contributed by atoms with Crippen LogP contribution < -0.4 is 5.32 Å². The topological polar surface area (TPSA) is 21.3 Å². The van der Waals surface area contributed by atoms with Crippen LogP contribution in [0.5, 0.6) is 0 Å². The second-order valence-electron chi connectivity index (χ2n) is 9.04. The second kappa shape index (κ2) is 8.05. The standard InChI is InChI=1S/C21H37NOSi/c1-17(22-19-15-11-8-12-16-19)20(18-13-9-7-10-14-18)23-24(5,6)21(2,3)4/h8,11-12,15-18,20,22H,7,9-10,13-14H2,1-6H3/t17-,20+/m0/s1. The van der Waals surface area contributed by atoms with Crippen LogP contribution in [0.1, 0.15) is 59.8 Å². The largest absolute Gasteiger partial charge is 0.412 e. The average Bonchev–Trinajstić information content (AvgIpc) is 2.53. The fourth-order valence-corrected chi connectivity index (χ4v) is 4.90. The summed E-state index contributed by atoms with van der Waals surface area (Å²) in [6.45, 7) is 14.1. The molecule has 136 valence electrons. The number of nitrogens with one attached hydrogen (secondary N) is 1. The fraction of sp³-hybridized carbons (Fsp3) is 0.714. The predicted molar refractivity (Wildman–Crippen MR) is 108 cm³/mol. The highest BCUT2D eigenvalue weighted by Gasteiger charge is 2.42. The molecule has 0 radical (unpaired) electrons. The highest BCUT2D eigenvalue weighted by molar-refractivity contribution is 6.74. The minimum absolute atomic E-state index is 0.256. The van der Waals surface area contributed by atoms with Crippen molar-refractivity contribution in [2.24, 2.45) is 5.92 Å². The smallest absolute Gasteiger partial charge is 0.192 e. The van der Waals surface area contributed by atoms with Crippen LogP contribution >= 0.6 is 0 Å². The Kier molecular flexibility index (Phi) is 6.55. The van der Waals surface area contributed by atoms with Crippen LogP contribution in [0.2, 0.25) is 18.1 Å². The van der Waals surface area contributed by atoms with Crippen LogP contribution in [-0.4, -0.2) is 20.5 Å². The molecule has 0 amide bonds. The van der Waals surface area contributed by atoms with Crippen LogP contribution in [0.3, 0.4) is 0 Å². The Hall–Kier alpha value is -0.803. The maximum atomic E-state index is 6.95. The Bertz CT molecular complexity index is 488. The Morgan fingerprint density at radius 3 is 2.17 bits per heavy atom. The molecule has 0 spiro atoms. The SMILES string of the molecule is C[C@H](Nc1ccccc1)[C@@H](O[Si](C)(C)C(C)(C)C)C1CCCCC1. The Morgan fingerprint density at radius 1 is 1.04 bits per heavy atom. The maximum absolute atomic E-state index is 6.95. The lowest BCUT2D eigenvalue weighted by atomic mass is 9.83. The van der Waals surface area contributed by atoms with Crippen molar-refractivity contribution in [1.29, 1.82) is 0 Å². The van der Waals surface area contributed by atoms with E-state index in [0.29, 0.717) is 18.1 Å². The summed E-state index contributed by atoms with van der Waals surface area (Å²) >= 11 is 0. The van der Waals surface area contributed by atoms with Crippen LogP contribution in [0.25, 0.3) is 0 Å². The molecule has 0 heterocycles. The summed E-state index contributed by atoms with van der Waals surface area (Å²) in [6.07, 6.45) is 7.07. The Labute approximate surface area is 150 Å². The number of rotatable bonds is 6. The van der Waals surface area contributed by atoms with Gasteiger partial charge in [0.05, 0.1) is 6.10 Å². The van der Waals surface area contributed by atoms with Crippen molar-refractivity contribution in [1.82, 2.24) is 0 Å². The molecule has 1 fully saturated rings. The van der Waals surface area contributed by atoms with Gasteiger partial charge in [0.15, 0.2) is 8.32 Å². The number of hydrogen-bond donors (Lipinski definition) is 1. The van der Waals surface area contributed by atoms with E-state index in [-0.39, 0.29) is 5.04 Å². The van der Waals surface area contributed by atoms with E-state index in [1.165, 1.54) is 37.8 Å². The van der Waals surface area contributed by atoms with E-state index >= 15 is 0 Å². The van der Waals surface area contributed by atoms with E-state index in [1.54, 1.807) is 0 Å². The first-order valence-corrected chi connectivity index (χ1v) is 12.6. The van der Waals surface area contributed by atoms with Gasteiger partial charge in [-0.2, -0.15) is 0 Å². The summed E-state index contributed by atoms with van der Waals surface area (Å²) in [5.41, 5.74) is 1.20. The lowest BCUT2D eigenvalue weighted by Gasteiger charge is -2.44. The van der Waals surface area contributed by atoms with Gasteiger partial charge in [0.2, 0.25) is 0 Å². The third-order valence-electron chi connectivity index (χ3n) is 6.01. The van der Waals surface area contributed by atoms with Gasteiger partial charge in [-0.05, 0) is 55.9 Å². The maximum Gasteiger partial charge on any atom is 0.192 e. The molecule has 1 saturated carbocycles. The van der Waals surface area contributed by atoms with Crippen LogP contribution in [0, 0.1) is 5.92 Å². The first-order valence-electron chi connectivity index (χ1n) is 9.70. The first kappa shape index (κ1) is 19.5. The summed E-state index contributed by atoms with van der Waals surface area (Å²) in [7, 11) is -1.77. The molecule has 0 aromatic heterocycles. The Morgan fingerprint density at radius 2 is 1.62 bits per heavy atom. The number of benzene rings is 1. The third kappa shape index (κ3) is 5.09. The van der Waals surface area contributed by atoms with Crippen molar-refractivity contribution in [2.45, 2.75) is 90.1 Å². The van der Waals surface area contributed by atoms with Gasteiger partial charge in [0.1, 0.15) is 0 Å². The molecule has 1 aliphatic rings. The molecule has 0 unspecified atom stereocenters. The molecule has 0 aliphatic heterocycles. The molecule has 2 nitrogen and oxygen atoms in total. The van der Waals surface area contributed by atoms with E-state index < -0.39 is 8.32 Å². The van der Waals surface area contributed by atoms with Crippen LogP contribution in [-0.2, 0) is 4.43 Å². The van der Waals surface area contributed by atoms with E-state index in [9.17, 15) is 0 Å². The lowest BCUT2D eigenvalue weighted by molar-refractivity contribution is 0.0813. The van der Waals surface area contributed by atoms with Crippen molar-refractivity contribution < 1.29 is 4.43 Å². The third-order valence-corrected chi connectivity index (χ3v) is 10.5. The quantitative estimate of drug-likeness (QED) is 0.596. The van der Waals surface area contributed by atoms with Gasteiger partial charge in [-0.3, -0.25) is 0 Å². The summed E-state index contributed by atoms with van der Waals surface area (Å²) in [5.74, 6) is 0.694. The molecule has 1 aliphatic carbocycles. The van der Waals surface area contributed by atoms with Gasteiger partial charge < -0.3 is 9.74 Å². The number of anilines is 1. The minimum Gasteiger partial charge on any atom is -0.412 e. The molecular formula is C21H37NOSi. The zero-order valence-corrected chi connectivity index (χ0v) is 17.6. The molecule has 0 bridgehead atoms. The molecule has 24 heavy (non-hydrogen) atoms. The van der Waals surface area contributed by atoms with Crippen molar-refractivity contribution in [2.75, 3.05) is 5.32 Å². The van der Waals surface area contributed by atoms with Crippen LogP contribution in [0.15, 0.2) is 30.3 Å².